The summed E-state index contributed by atoms with van der Waals surface area (Å²) in [5.74, 6) is 0. The van der Waals surface area contributed by atoms with E-state index >= 15 is 0 Å². The maximum absolute atomic E-state index is 12.1. The zero-order chi connectivity index (χ0) is 16.0. The van der Waals surface area contributed by atoms with Crippen molar-refractivity contribution in [1.29, 1.82) is 0 Å². The molecule has 1 aromatic carbocycles. The second-order valence-electron chi connectivity index (χ2n) is 4.54. The Morgan fingerprint density at radius 2 is 2.10 bits per heavy atom. The first-order chi connectivity index (χ1) is 9.74. The van der Waals surface area contributed by atoms with Gasteiger partial charge in [0.05, 0.1) is 16.0 Å². The summed E-state index contributed by atoms with van der Waals surface area (Å²) in [5.41, 5.74) is -0.331. The van der Waals surface area contributed by atoms with E-state index in [1.165, 1.54) is 6.07 Å². The van der Waals surface area contributed by atoms with Crippen molar-refractivity contribution in [3.8, 4) is 0 Å². The van der Waals surface area contributed by atoms with E-state index in [2.05, 4.69) is 4.72 Å². The van der Waals surface area contributed by atoms with Crippen LogP contribution in [0.2, 0.25) is 5.02 Å². The number of nitro groups is 1. The molecule has 1 aromatic rings. The Morgan fingerprint density at radius 3 is 2.67 bits per heavy atom. The third-order valence-electron chi connectivity index (χ3n) is 2.48. The van der Waals surface area contributed by atoms with Gasteiger partial charge in [-0.25, -0.2) is 13.1 Å². The minimum absolute atomic E-state index is 0.0634. The molecule has 0 radical (unpaired) electrons. The molecule has 0 saturated carbocycles. The van der Waals surface area contributed by atoms with E-state index in [4.69, 9.17) is 16.3 Å². The molecule has 0 saturated heterocycles. The molecule has 21 heavy (non-hydrogen) atoms. The molecule has 0 aromatic heterocycles. The molecule has 9 heteroatoms. The zero-order valence-electron chi connectivity index (χ0n) is 11.7. The van der Waals surface area contributed by atoms with Gasteiger partial charge in [0.25, 0.3) is 5.69 Å². The van der Waals surface area contributed by atoms with Crippen LogP contribution in [0.4, 0.5) is 5.69 Å². The van der Waals surface area contributed by atoms with Crippen LogP contribution in [0.3, 0.4) is 0 Å². The van der Waals surface area contributed by atoms with Gasteiger partial charge in [0.15, 0.2) is 0 Å². The summed E-state index contributed by atoms with van der Waals surface area (Å²) in [6.45, 7) is 4.34. The van der Waals surface area contributed by atoms with Crippen LogP contribution in [0, 0.1) is 10.1 Å². The normalized spacial score (nSPS) is 11.8. The highest BCUT2D eigenvalue weighted by Gasteiger charge is 2.21. The predicted octanol–water partition coefficient (Wildman–Crippen LogP) is 2.34. The van der Waals surface area contributed by atoms with Gasteiger partial charge in [-0.2, -0.15) is 0 Å². The summed E-state index contributed by atoms with van der Waals surface area (Å²) in [7, 11) is -3.89. The molecular weight excluding hydrogens is 320 g/mol. The van der Waals surface area contributed by atoms with Crippen LogP contribution in [0.1, 0.15) is 20.3 Å². The van der Waals surface area contributed by atoms with Crippen molar-refractivity contribution in [2.24, 2.45) is 0 Å². The van der Waals surface area contributed by atoms with E-state index in [0.717, 1.165) is 12.1 Å². The van der Waals surface area contributed by atoms with Gasteiger partial charge in [0.2, 0.25) is 10.0 Å². The summed E-state index contributed by atoms with van der Waals surface area (Å²) in [5, 5.41) is 10.6. The quantitative estimate of drug-likeness (QED) is 0.446. The Labute approximate surface area is 128 Å². The van der Waals surface area contributed by atoms with Crippen molar-refractivity contribution in [1.82, 2.24) is 4.72 Å². The van der Waals surface area contributed by atoms with Crippen LogP contribution in [-0.2, 0) is 14.8 Å². The Morgan fingerprint density at radius 1 is 1.43 bits per heavy atom. The van der Waals surface area contributed by atoms with Gasteiger partial charge in [-0.15, -0.1) is 0 Å². The van der Waals surface area contributed by atoms with Gasteiger partial charge in [-0.3, -0.25) is 10.1 Å². The number of benzene rings is 1. The maximum Gasteiger partial charge on any atom is 0.270 e. The number of ether oxygens (including phenoxy) is 1. The number of sulfonamides is 1. The number of halogens is 1. The Kier molecular flexibility index (Phi) is 6.53. The van der Waals surface area contributed by atoms with Crippen molar-refractivity contribution >= 4 is 27.3 Å². The van der Waals surface area contributed by atoms with Crippen LogP contribution in [-0.4, -0.2) is 32.6 Å². The first-order valence-corrected chi connectivity index (χ1v) is 8.15. The van der Waals surface area contributed by atoms with E-state index in [0.29, 0.717) is 13.0 Å². The number of hydrogen-bond acceptors (Lipinski definition) is 5. The summed E-state index contributed by atoms with van der Waals surface area (Å²) >= 11 is 5.80. The number of nitrogens with one attached hydrogen (secondary N) is 1. The zero-order valence-corrected chi connectivity index (χ0v) is 13.3. The molecule has 0 unspecified atom stereocenters. The largest absolute Gasteiger partial charge is 0.379 e. The highest BCUT2D eigenvalue weighted by atomic mass is 35.5. The molecule has 0 bridgehead atoms. The van der Waals surface area contributed by atoms with Crippen LogP contribution in [0.5, 0.6) is 0 Å². The summed E-state index contributed by atoms with van der Waals surface area (Å²) in [6, 6.07) is 3.28. The maximum atomic E-state index is 12.1. The molecule has 1 rings (SSSR count). The molecule has 0 aliphatic heterocycles. The van der Waals surface area contributed by atoms with E-state index < -0.39 is 14.9 Å². The first-order valence-electron chi connectivity index (χ1n) is 6.29. The van der Waals surface area contributed by atoms with E-state index in [-0.39, 0.29) is 28.3 Å². The Hall–Kier alpha value is -1.22. The molecule has 0 aliphatic carbocycles. The molecule has 0 amide bonds. The topological polar surface area (TPSA) is 98.5 Å². The predicted molar refractivity (Wildman–Crippen MR) is 79.0 cm³/mol. The smallest absolute Gasteiger partial charge is 0.270 e. The fourth-order valence-electron chi connectivity index (χ4n) is 1.49. The van der Waals surface area contributed by atoms with Gasteiger partial charge in [0.1, 0.15) is 4.90 Å². The van der Waals surface area contributed by atoms with Crippen molar-refractivity contribution in [3.05, 3.63) is 33.3 Å². The van der Waals surface area contributed by atoms with Crippen LogP contribution < -0.4 is 4.72 Å². The van der Waals surface area contributed by atoms with Gasteiger partial charge < -0.3 is 4.74 Å². The third kappa shape index (κ3) is 5.58. The van der Waals surface area contributed by atoms with E-state index in [1.54, 1.807) is 0 Å². The van der Waals surface area contributed by atoms with E-state index in [1.807, 2.05) is 13.8 Å². The average molecular weight is 337 g/mol. The second kappa shape index (κ2) is 7.69. The van der Waals surface area contributed by atoms with Crippen molar-refractivity contribution in [3.63, 3.8) is 0 Å². The lowest BCUT2D eigenvalue weighted by molar-refractivity contribution is -0.385. The summed E-state index contributed by atoms with van der Waals surface area (Å²) in [6.07, 6.45) is 0.567. The highest BCUT2D eigenvalue weighted by molar-refractivity contribution is 7.89. The molecule has 0 atom stereocenters. The minimum Gasteiger partial charge on any atom is -0.379 e. The van der Waals surface area contributed by atoms with E-state index in [9.17, 15) is 18.5 Å². The van der Waals surface area contributed by atoms with Gasteiger partial charge in [-0.1, -0.05) is 11.6 Å². The number of nitrogens with zero attached hydrogens (tertiary/aromatic N) is 1. The number of non-ortho nitro benzene ring substituents is 1. The molecule has 0 spiro atoms. The molecule has 1 N–H and O–H groups in total. The fraction of sp³-hybridized carbons (Fsp3) is 0.500. The van der Waals surface area contributed by atoms with Gasteiger partial charge >= 0.3 is 0 Å². The Balaban J connectivity index is 2.74. The molecule has 0 fully saturated rings. The monoisotopic (exact) mass is 336 g/mol. The SMILES string of the molecule is CC(C)OCCCNS(=O)(=O)c1cc([N+](=O)[O-])ccc1Cl. The lowest BCUT2D eigenvalue weighted by atomic mass is 10.3. The highest BCUT2D eigenvalue weighted by Crippen LogP contribution is 2.25. The van der Waals surface area contributed by atoms with Crippen molar-refractivity contribution in [2.75, 3.05) is 13.2 Å². The summed E-state index contributed by atoms with van der Waals surface area (Å²) < 4.78 is 31.8. The number of nitro benzene ring substituents is 1. The minimum atomic E-state index is -3.89. The molecule has 0 heterocycles. The first kappa shape index (κ1) is 17.8. The Bertz CT molecular complexity index is 604. The lowest BCUT2D eigenvalue weighted by Crippen LogP contribution is -2.26. The average Bonchev–Trinajstić information content (AvgIpc) is 2.37. The van der Waals surface area contributed by atoms with Gasteiger partial charge in [0, 0.05) is 25.3 Å². The van der Waals surface area contributed by atoms with Crippen LogP contribution in [0.15, 0.2) is 23.1 Å². The standard InChI is InChI=1S/C12H17ClN2O5S/c1-9(2)20-7-3-6-14-21(18,19)12-8-10(15(16)17)4-5-11(12)13/h4-5,8-9,14H,3,6-7H2,1-2H3. The lowest BCUT2D eigenvalue weighted by Gasteiger charge is -2.09. The molecule has 7 nitrogen and oxygen atoms in total. The second-order valence-corrected chi connectivity index (χ2v) is 6.69. The molecule has 118 valence electrons. The van der Waals surface area contributed by atoms with Gasteiger partial charge in [-0.05, 0) is 26.3 Å². The summed E-state index contributed by atoms with van der Waals surface area (Å²) in [4.78, 5) is 9.71. The number of hydrogen-bond donors (Lipinski definition) is 1. The van der Waals surface area contributed by atoms with Crippen molar-refractivity contribution in [2.45, 2.75) is 31.3 Å². The molecular formula is C12H17ClN2O5S. The third-order valence-corrected chi connectivity index (χ3v) is 4.42. The number of rotatable bonds is 8. The van der Waals surface area contributed by atoms with Crippen LogP contribution >= 0.6 is 11.6 Å². The fourth-order valence-corrected chi connectivity index (χ4v) is 3.08. The van der Waals surface area contributed by atoms with Crippen LogP contribution in [0.25, 0.3) is 0 Å². The molecule has 0 aliphatic rings. The van der Waals surface area contributed by atoms with Crippen molar-refractivity contribution < 1.29 is 18.1 Å².